The van der Waals surface area contributed by atoms with Crippen molar-refractivity contribution < 1.29 is 0 Å². The standard InChI is InChI=1S/C57H37N5/c1-5-17-38(18-6-1)49-37-50(44-33-34-52-48(35-44)47-27-15-16-28-51(47)61(52)45-24-11-4-12-25-45)59-57(58-49)42-31-29-39(30-32-42)53-36-43-23-13-14-26-46(43)56-54(40-19-7-2-8-20-40)55(60-62(53)56)41-21-9-3-10-22-41/h1-37H. The molecule has 0 aliphatic heterocycles. The predicted octanol–water partition coefficient (Wildman–Crippen LogP) is 14.4. The fourth-order valence-electron chi connectivity index (χ4n) is 9.03. The number of hydrogen-bond acceptors (Lipinski definition) is 3. The number of fused-ring (bicyclic) bond motifs is 6. The summed E-state index contributed by atoms with van der Waals surface area (Å²) in [5, 5.41) is 10.1. The molecule has 4 heterocycles. The van der Waals surface area contributed by atoms with Crippen molar-refractivity contribution in [3.8, 4) is 73.2 Å². The van der Waals surface area contributed by atoms with Gasteiger partial charge in [-0.05, 0) is 53.4 Å². The van der Waals surface area contributed by atoms with Crippen LogP contribution in [0.3, 0.4) is 0 Å². The second-order valence-electron chi connectivity index (χ2n) is 15.7. The number of para-hydroxylation sites is 2. The first-order valence-corrected chi connectivity index (χ1v) is 20.9. The van der Waals surface area contributed by atoms with Crippen LogP contribution in [0.2, 0.25) is 0 Å². The second kappa shape index (κ2) is 14.7. The largest absolute Gasteiger partial charge is 0.309 e. The Kier molecular flexibility index (Phi) is 8.42. The molecule has 0 aliphatic carbocycles. The highest BCUT2D eigenvalue weighted by atomic mass is 15.2. The number of benzene rings is 8. The molecule has 5 nitrogen and oxygen atoms in total. The molecule has 0 atom stereocenters. The summed E-state index contributed by atoms with van der Waals surface area (Å²) in [4.78, 5) is 10.5. The van der Waals surface area contributed by atoms with E-state index in [-0.39, 0.29) is 0 Å². The molecule has 4 aromatic heterocycles. The number of hydrogen-bond donors (Lipinski definition) is 0. The maximum atomic E-state index is 5.41. The molecule has 0 spiro atoms. The first-order valence-electron chi connectivity index (χ1n) is 20.9. The molecule has 0 fully saturated rings. The van der Waals surface area contributed by atoms with E-state index in [1.807, 2.05) is 6.07 Å². The van der Waals surface area contributed by atoms with E-state index >= 15 is 0 Å². The van der Waals surface area contributed by atoms with Gasteiger partial charge >= 0.3 is 0 Å². The van der Waals surface area contributed by atoms with Gasteiger partial charge in [0.2, 0.25) is 0 Å². The van der Waals surface area contributed by atoms with E-state index in [9.17, 15) is 0 Å². The van der Waals surface area contributed by atoms with Crippen molar-refractivity contribution in [3.05, 3.63) is 224 Å². The lowest BCUT2D eigenvalue weighted by Crippen LogP contribution is -1.97. The van der Waals surface area contributed by atoms with E-state index in [1.54, 1.807) is 0 Å². The average Bonchev–Trinajstić information content (AvgIpc) is 3.92. The molecular weight excluding hydrogens is 755 g/mol. The number of nitrogens with zero attached hydrogens (tertiary/aromatic N) is 5. The Balaban J connectivity index is 1.01. The minimum Gasteiger partial charge on any atom is -0.309 e. The number of pyridine rings is 1. The molecule has 8 aromatic carbocycles. The van der Waals surface area contributed by atoms with Gasteiger partial charge in [-0.2, -0.15) is 5.10 Å². The van der Waals surface area contributed by atoms with Crippen LogP contribution in [0, 0.1) is 0 Å². The van der Waals surface area contributed by atoms with Crippen LogP contribution < -0.4 is 0 Å². The highest BCUT2D eigenvalue weighted by Crippen LogP contribution is 2.41. The maximum Gasteiger partial charge on any atom is 0.160 e. The molecular formula is C57H37N5. The lowest BCUT2D eigenvalue weighted by molar-refractivity contribution is 0.979. The van der Waals surface area contributed by atoms with Gasteiger partial charge in [0.1, 0.15) is 5.69 Å². The Morgan fingerprint density at radius 3 is 1.63 bits per heavy atom. The van der Waals surface area contributed by atoms with Gasteiger partial charge in [0.05, 0.1) is 33.6 Å². The van der Waals surface area contributed by atoms with Crippen LogP contribution in [0.15, 0.2) is 224 Å². The fraction of sp³-hybridized carbons (Fsp3) is 0. The predicted molar refractivity (Wildman–Crippen MR) is 255 cm³/mol. The average molecular weight is 792 g/mol. The molecule has 0 amide bonds. The van der Waals surface area contributed by atoms with Crippen LogP contribution in [0.5, 0.6) is 0 Å². The summed E-state index contributed by atoms with van der Waals surface area (Å²) in [5.74, 6) is 0.667. The fourth-order valence-corrected chi connectivity index (χ4v) is 9.03. The molecule has 290 valence electrons. The summed E-state index contributed by atoms with van der Waals surface area (Å²) in [6, 6.07) is 79.0. The van der Waals surface area contributed by atoms with E-state index in [4.69, 9.17) is 15.1 Å². The molecule has 0 saturated heterocycles. The normalized spacial score (nSPS) is 11.5. The highest BCUT2D eigenvalue weighted by molar-refractivity contribution is 6.11. The van der Waals surface area contributed by atoms with Crippen LogP contribution in [-0.4, -0.2) is 24.1 Å². The Morgan fingerprint density at radius 1 is 0.355 bits per heavy atom. The van der Waals surface area contributed by atoms with Gasteiger partial charge in [0, 0.05) is 55.2 Å². The van der Waals surface area contributed by atoms with Crippen LogP contribution in [0.25, 0.3) is 111 Å². The summed E-state index contributed by atoms with van der Waals surface area (Å²) in [6.07, 6.45) is 0. The Labute approximate surface area is 358 Å². The summed E-state index contributed by atoms with van der Waals surface area (Å²) >= 11 is 0. The molecule has 0 unspecified atom stereocenters. The van der Waals surface area contributed by atoms with Crippen molar-refractivity contribution in [3.63, 3.8) is 0 Å². The number of rotatable bonds is 7. The Bertz CT molecular complexity index is 3590. The van der Waals surface area contributed by atoms with Crippen LogP contribution >= 0.6 is 0 Å². The summed E-state index contributed by atoms with van der Waals surface area (Å²) < 4.78 is 4.48. The molecule has 0 saturated carbocycles. The number of aromatic nitrogens is 5. The van der Waals surface area contributed by atoms with Gasteiger partial charge in [0.15, 0.2) is 5.82 Å². The van der Waals surface area contributed by atoms with Gasteiger partial charge in [-0.15, -0.1) is 0 Å². The first-order chi connectivity index (χ1) is 30.7. The van der Waals surface area contributed by atoms with Gasteiger partial charge in [0.25, 0.3) is 0 Å². The zero-order chi connectivity index (χ0) is 41.0. The van der Waals surface area contributed by atoms with Crippen LogP contribution in [0.1, 0.15) is 0 Å². The smallest absolute Gasteiger partial charge is 0.160 e. The summed E-state index contributed by atoms with van der Waals surface area (Å²) in [5.41, 5.74) is 15.6. The monoisotopic (exact) mass is 791 g/mol. The zero-order valence-corrected chi connectivity index (χ0v) is 33.6. The molecule has 0 radical (unpaired) electrons. The molecule has 62 heavy (non-hydrogen) atoms. The van der Waals surface area contributed by atoms with Crippen LogP contribution in [-0.2, 0) is 0 Å². The van der Waals surface area contributed by atoms with E-state index in [1.165, 1.54) is 16.3 Å². The van der Waals surface area contributed by atoms with E-state index in [2.05, 4.69) is 227 Å². The van der Waals surface area contributed by atoms with Crippen molar-refractivity contribution >= 4 is 38.1 Å². The quantitative estimate of drug-likeness (QED) is 0.162. The minimum absolute atomic E-state index is 0.667. The van der Waals surface area contributed by atoms with E-state index in [0.29, 0.717) is 5.82 Å². The minimum atomic E-state index is 0.667. The first kappa shape index (κ1) is 35.5. The molecule has 12 rings (SSSR count). The summed E-state index contributed by atoms with van der Waals surface area (Å²) in [7, 11) is 0. The lowest BCUT2D eigenvalue weighted by atomic mass is 9.97. The van der Waals surface area contributed by atoms with Crippen molar-refractivity contribution in [1.29, 1.82) is 0 Å². The third kappa shape index (κ3) is 5.98. The third-order valence-corrected chi connectivity index (χ3v) is 11.9. The van der Waals surface area contributed by atoms with Gasteiger partial charge < -0.3 is 4.57 Å². The van der Waals surface area contributed by atoms with Crippen LogP contribution in [0.4, 0.5) is 0 Å². The van der Waals surface area contributed by atoms with Crippen molar-refractivity contribution in [1.82, 2.24) is 24.1 Å². The third-order valence-electron chi connectivity index (χ3n) is 11.9. The molecule has 0 N–H and O–H groups in total. The molecule has 0 bridgehead atoms. The SMILES string of the molecule is c1ccc(-c2cc(-c3ccc4c(c3)c3ccccc3n4-c3ccccc3)nc(-c3ccc(-c4cc5ccccc5c5c(-c6ccccc6)c(-c6ccccc6)nn45)cc3)n2)cc1. The molecule has 5 heteroatoms. The van der Waals surface area contributed by atoms with Gasteiger partial charge in [-0.3, -0.25) is 0 Å². The van der Waals surface area contributed by atoms with Crippen molar-refractivity contribution in [2.75, 3.05) is 0 Å². The highest BCUT2D eigenvalue weighted by Gasteiger charge is 2.22. The molecule has 0 aliphatic rings. The Morgan fingerprint density at radius 2 is 0.903 bits per heavy atom. The maximum absolute atomic E-state index is 5.41. The zero-order valence-electron chi connectivity index (χ0n) is 33.6. The van der Waals surface area contributed by atoms with Crippen molar-refractivity contribution in [2.24, 2.45) is 0 Å². The van der Waals surface area contributed by atoms with Gasteiger partial charge in [-0.1, -0.05) is 182 Å². The van der Waals surface area contributed by atoms with E-state index < -0.39 is 0 Å². The summed E-state index contributed by atoms with van der Waals surface area (Å²) in [6.45, 7) is 0. The van der Waals surface area contributed by atoms with E-state index in [0.717, 1.165) is 89.2 Å². The Hall–Kier alpha value is -8.41. The molecule has 12 aromatic rings. The second-order valence-corrected chi connectivity index (χ2v) is 15.7. The van der Waals surface area contributed by atoms with Crippen molar-refractivity contribution in [2.45, 2.75) is 0 Å². The lowest BCUT2D eigenvalue weighted by Gasteiger charge is -2.12. The van der Waals surface area contributed by atoms with Gasteiger partial charge in [-0.25, -0.2) is 14.5 Å². The topological polar surface area (TPSA) is 48.0 Å².